The third-order valence-corrected chi connectivity index (χ3v) is 6.07. The average molecular weight is 401 g/mol. The van der Waals surface area contributed by atoms with E-state index in [0.717, 1.165) is 33.4 Å². The van der Waals surface area contributed by atoms with Gasteiger partial charge in [-0.25, -0.2) is 0 Å². The van der Waals surface area contributed by atoms with Gasteiger partial charge in [0.25, 0.3) is 5.91 Å². The van der Waals surface area contributed by atoms with Gasteiger partial charge < -0.3 is 10.0 Å². The number of likely N-dealkylation sites (tertiary alicyclic amines) is 1. The summed E-state index contributed by atoms with van der Waals surface area (Å²) in [4.78, 5) is 19.5. The Hall–Kier alpha value is -2.98. The molecule has 3 aromatic rings. The summed E-state index contributed by atoms with van der Waals surface area (Å²) in [6, 6.07) is 18.1. The summed E-state index contributed by atoms with van der Waals surface area (Å²) in [6.07, 6.45) is 5.39. The zero-order valence-electron chi connectivity index (χ0n) is 17.6. The van der Waals surface area contributed by atoms with E-state index in [2.05, 4.69) is 4.98 Å². The SMILES string of the molecule is Cc1ccc(-c2ccncc2C)c(C(=O)N2CCC(O)(Cc3ccccc3)CC2)c1. The molecule has 1 N–H and O–H groups in total. The van der Waals surface area contributed by atoms with Crippen LogP contribution in [0.3, 0.4) is 0 Å². The lowest BCUT2D eigenvalue weighted by Gasteiger charge is -2.38. The van der Waals surface area contributed by atoms with Crippen molar-refractivity contribution >= 4 is 5.91 Å². The molecule has 4 nitrogen and oxygen atoms in total. The molecule has 1 fully saturated rings. The Morgan fingerprint density at radius 3 is 2.47 bits per heavy atom. The van der Waals surface area contributed by atoms with Crippen molar-refractivity contribution in [2.45, 2.75) is 38.7 Å². The van der Waals surface area contributed by atoms with Crippen molar-refractivity contribution in [1.29, 1.82) is 0 Å². The van der Waals surface area contributed by atoms with Crippen molar-refractivity contribution in [2.24, 2.45) is 0 Å². The number of amides is 1. The molecule has 1 aliphatic rings. The Kier molecular flexibility index (Phi) is 5.69. The normalized spacial score (nSPS) is 15.8. The van der Waals surface area contributed by atoms with Gasteiger partial charge in [0.05, 0.1) is 5.60 Å². The molecule has 2 heterocycles. The number of aromatic nitrogens is 1. The van der Waals surface area contributed by atoms with E-state index >= 15 is 0 Å². The predicted molar refractivity (Wildman–Crippen MR) is 119 cm³/mol. The number of hydrogen-bond donors (Lipinski definition) is 1. The van der Waals surface area contributed by atoms with Gasteiger partial charge in [-0.2, -0.15) is 0 Å². The molecule has 2 aromatic carbocycles. The van der Waals surface area contributed by atoms with E-state index < -0.39 is 5.60 Å². The van der Waals surface area contributed by atoms with Gasteiger partial charge in [0.2, 0.25) is 0 Å². The lowest BCUT2D eigenvalue weighted by molar-refractivity contribution is -0.0162. The highest BCUT2D eigenvalue weighted by molar-refractivity contribution is 6.01. The van der Waals surface area contributed by atoms with Crippen molar-refractivity contribution in [1.82, 2.24) is 9.88 Å². The highest BCUT2D eigenvalue weighted by Crippen LogP contribution is 2.31. The van der Waals surface area contributed by atoms with Gasteiger partial charge in [-0.1, -0.05) is 48.0 Å². The standard InChI is InChI=1S/C26H28N2O2/c1-19-8-9-23(22-10-13-27-18-20(22)2)24(16-19)25(29)28-14-11-26(30,12-15-28)17-21-6-4-3-5-7-21/h3-10,13,16,18,30H,11-12,14-15,17H2,1-2H3. The number of aryl methyl sites for hydroxylation is 2. The summed E-state index contributed by atoms with van der Waals surface area (Å²) in [5, 5.41) is 11.1. The van der Waals surface area contributed by atoms with Crippen LogP contribution in [0.1, 0.15) is 39.9 Å². The fourth-order valence-electron chi connectivity index (χ4n) is 4.29. The van der Waals surface area contributed by atoms with E-state index in [9.17, 15) is 9.90 Å². The maximum atomic E-state index is 13.5. The molecular formula is C26H28N2O2. The van der Waals surface area contributed by atoms with E-state index in [0.29, 0.717) is 32.4 Å². The lowest BCUT2D eigenvalue weighted by Crippen LogP contribution is -2.47. The summed E-state index contributed by atoms with van der Waals surface area (Å²) in [6.45, 7) is 5.14. The zero-order chi connectivity index (χ0) is 21.1. The second kappa shape index (κ2) is 8.41. The summed E-state index contributed by atoms with van der Waals surface area (Å²) < 4.78 is 0. The van der Waals surface area contributed by atoms with Gasteiger partial charge in [0, 0.05) is 37.5 Å². The second-order valence-corrected chi connectivity index (χ2v) is 8.42. The molecule has 4 heteroatoms. The number of pyridine rings is 1. The number of hydrogen-bond acceptors (Lipinski definition) is 3. The van der Waals surface area contributed by atoms with Crippen molar-refractivity contribution in [2.75, 3.05) is 13.1 Å². The van der Waals surface area contributed by atoms with Gasteiger partial charge in [-0.05, 0) is 61.1 Å². The van der Waals surface area contributed by atoms with E-state index in [4.69, 9.17) is 0 Å². The number of carbonyl (C=O) groups is 1. The van der Waals surface area contributed by atoms with Crippen LogP contribution in [0.5, 0.6) is 0 Å². The molecule has 1 amide bonds. The Bertz CT molecular complexity index is 1040. The van der Waals surface area contributed by atoms with E-state index in [-0.39, 0.29) is 5.91 Å². The molecule has 0 bridgehead atoms. The van der Waals surface area contributed by atoms with Crippen LogP contribution in [0, 0.1) is 13.8 Å². The van der Waals surface area contributed by atoms with Crippen LogP contribution in [0.25, 0.3) is 11.1 Å². The molecule has 0 spiro atoms. The molecule has 0 aliphatic carbocycles. The summed E-state index contributed by atoms with van der Waals surface area (Å²) >= 11 is 0. The van der Waals surface area contributed by atoms with Gasteiger partial charge in [-0.3, -0.25) is 9.78 Å². The van der Waals surface area contributed by atoms with E-state index in [1.54, 1.807) is 6.20 Å². The van der Waals surface area contributed by atoms with E-state index in [1.807, 2.05) is 79.5 Å². The largest absolute Gasteiger partial charge is 0.389 e. The first-order valence-electron chi connectivity index (χ1n) is 10.5. The van der Waals surface area contributed by atoms with Crippen LogP contribution in [0.15, 0.2) is 67.0 Å². The smallest absolute Gasteiger partial charge is 0.254 e. The highest BCUT2D eigenvalue weighted by Gasteiger charge is 2.34. The quantitative estimate of drug-likeness (QED) is 0.698. The minimum atomic E-state index is -0.755. The first-order valence-corrected chi connectivity index (χ1v) is 10.5. The van der Waals surface area contributed by atoms with Crippen LogP contribution in [0.2, 0.25) is 0 Å². The van der Waals surface area contributed by atoms with Crippen LogP contribution in [-0.2, 0) is 6.42 Å². The zero-order valence-corrected chi connectivity index (χ0v) is 17.6. The Labute approximate surface area is 178 Å². The fraction of sp³-hybridized carbons (Fsp3) is 0.308. The molecular weight excluding hydrogens is 372 g/mol. The monoisotopic (exact) mass is 400 g/mol. The van der Waals surface area contributed by atoms with E-state index in [1.165, 1.54) is 0 Å². The highest BCUT2D eigenvalue weighted by atomic mass is 16.3. The number of nitrogens with zero attached hydrogens (tertiary/aromatic N) is 2. The minimum Gasteiger partial charge on any atom is -0.389 e. The van der Waals surface area contributed by atoms with Crippen molar-refractivity contribution in [3.05, 3.63) is 89.2 Å². The second-order valence-electron chi connectivity index (χ2n) is 8.42. The number of rotatable bonds is 4. The Morgan fingerprint density at radius 1 is 1.03 bits per heavy atom. The number of piperidine rings is 1. The molecule has 0 unspecified atom stereocenters. The van der Waals surface area contributed by atoms with Gasteiger partial charge >= 0.3 is 0 Å². The Balaban J connectivity index is 1.54. The summed E-state index contributed by atoms with van der Waals surface area (Å²) in [7, 11) is 0. The van der Waals surface area contributed by atoms with Crippen molar-refractivity contribution in [3.63, 3.8) is 0 Å². The molecule has 1 aliphatic heterocycles. The first kappa shape index (κ1) is 20.3. The maximum absolute atomic E-state index is 13.5. The minimum absolute atomic E-state index is 0.0340. The van der Waals surface area contributed by atoms with Crippen LogP contribution < -0.4 is 0 Å². The molecule has 30 heavy (non-hydrogen) atoms. The molecule has 154 valence electrons. The summed E-state index contributed by atoms with van der Waals surface area (Å²) in [5.41, 5.74) is 5.18. The average Bonchev–Trinajstić information content (AvgIpc) is 2.75. The number of carbonyl (C=O) groups excluding carboxylic acids is 1. The number of benzene rings is 2. The van der Waals surface area contributed by atoms with Gasteiger partial charge in [-0.15, -0.1) is 0 Å². The fourth-order valence-corrected chi connectivity index (χ4v) is 4.29. The maximum Gasteiger partial charge on any atom is 0.254 e. The topological polar surface area (TPSA) is 53.4 Å². The van der Waals surface area contributed by atoms with Gasteiger partial charge in [0.1, 0.15) is 0 Å². The van der Waals surface area contributed by atoms with Crippen LogP contribution in [-0.4, -0.2) is 39.6 Å². The molecule has 0 saturated carbocycles. The number of aliphatic hydroxyl groups is 1. The third-order valence-electron chi connectivity index (χ3n) is 6.07. The molecule has 1 aromatic heterocycles. The van der Waals surface area contributed by atoms with Gasteiger partial charge in [0.15, 0.2) is 0 Å². The third kappa shape index (κ3) is 4.29. The summed E-state index contributed by atoms with van der Waals surface area (Å²) in [5.74, 6) is 0.0340. The molecule has 0 atom stereocenters. The lowest BCUT2D eigenvalue weighted by atomic mass is 9.85. The first-order chi connectivity index (χ1) is 14.5. The molecule has 1 saturated heterocycles. The van der Waals surface area contributed by atoms with Crippen molar-refractivity contribution in [3.8, 4) is 11.1 Å². The molecule has 4 rings (SSSR count). The Morgan fingerprint density at radius 2 is 1.77 bits per heavy atom. The predicted octanol–water partition coefficient (Wildman–Crippen LogP) is 4.58. The molecule has 0 radical (unpaired) electrons. The van der Waals surface area contributed by atoms with Crippen LogP contribution in [0.4, 0.5) is 0 Å². The van der Waals surface area contributed by atoms with Crippen LogP contribution >= 0.6 is 0 Å². The van der Waals surface area contributed by atoms with Crippen molar-refractivity contribution < 1.29 is 9.90 Å².